The van der Waals surface area contributed by atoms with E-state index >= 15 is 0 Å². The van der Waals surface area contributed by atoms with E-state index in [4.69, 9.17) is 9.47 Å². The number of carbonyl (C=O) groups is 4. The predicted molar refractivity (Wildman–Crippen MR) is 92.3 cm³/mol. The zero-order valence-electron chi connectivity index (χ0n) is 15.1. The third-order valence-electron chi connectivity index (χ3n) is 3.61. The molecule has 1 aromatic rings. The lowest BCUT2D eigenvalue weighted by Crippen LogP contribution is -2.51. The van der Waals surface area contributed by atoms with Gasteiger partial charge >= 0.3 is 17.9 Å². The maximum Gasteiger partial charge on any atom is 0.327 e. The number of benzene rings is 1. The number of aliphatic hydroxyl groups excluding tert-OH is 1. The molecule has 1 aromatic carbocycles. The zero-order chi connectivity index (χ0) is 20.4. The Morgan fingerprint density at radius 3 is 2.15 bits per heavy atom. The molecular weight excluding hydrogens is 358 g/mol. The van der Waals surface area contributed by atoms with E-state index in [-0.39, 0.29) is 18.8 Å². The van der Waals surface area contributed by atoms with E-state index in [1.807, 2.05) is 0 Å². The molecule has 1 rings (SSSR count). The molecule has 0 saturated heterocycles. The zero-order valence-corrected chi connectivity index (χ0v) is 15.1. The fraction of sp³-hybridized carbons (Fsp3) is 0.444. The molecule has 3 N–H and O–H groups in total. The second kappa shape index (κ2) is 10.9. The lowest BCUT2D eigenvalue weighted by molar-refractivity contribution is -0.160. The first kappa shape index (κ1) is 22.1. The normalized spacial score (nSPS) is 13.7. The van der Waals surface area contributed by atoms with E-state index in [1.54, 1.807) is 25.1 Å². The Balaban J connectivity index is 3.01. The van der Waals surface area contributed by atoms with Crippen molar-refractivity contribution in [2.45, 2.75) is 32.4 Å². The first-order valence-corrected chi connectivity index (χ1v) is 8.40. The minimum Gasteiger partial charge on any atom is -0.480 e. The van der Waals surface area contributed by atoms with E-state index in [2.05, 4.69) is 5.32 Å². The first-order chi connectivity index (χ1) is 12.8. The van der Waals surface area contributed by atoms with Crippen molar-refractivity contribution < 1.29 is 38.9 Å². The molecule has 9 nitrogen and oxygen atoms in total. The van der Waals surface area contributed by atoms with Crippen LogP contribution >= 0.6 is 0 Å². The summed E-state index contributed by atoms with van der Waals surface area (Å²) in [4.78, 5) is 47.8. The molecule has 0 heterocycles. The molecule has 0 aromatic heterocycles. The van der Waals surface area contributed by atoms with Gasteiger partial charge in [-0.2, -0.15) is 0 Å². The Hall–Kier alpha value is -2.94. The average molecular weight is 381 g/mol. The van der Waals surface area contributed by atoms with Crippen LogP contribution in [-0.2, 0) is 28.7 Å². The summed E-state index contributed by atoms with van der Waals surface area (Å²) in [6.45, 7) is 3.09. The monoisotopic (exact) mass is 381 g/mol. The van der Waals surface area contributed by atoms with Gasteiger partial charge in [0.2, 0.25) is 0 Å². The fourth-order valence-electron chi connectivity index (χ4n) is 2.34. The Kier molecular flexibility index (Phi) is 8.94. The average Bonchev–Trinajstić information content (AvgIpc) is 2.64. The number of nitrogens with one attached hydrogen (secondary N) is 1. The topological polar surface area (TPSA) is 139 Å². The molecule has 0 fully saturated rings. The summed E-state index contributed by atoms with van der Waals surface area (Å²) >= 11 is 0. The summed E-state index contributed by atoms with van der Waals surface area (Å²) in [5.41, 5.74) is 0.247. The number of ether oxygens (including phenoxy) is 2. The lowest BCUT2D eigenvalue weighted by atomic mass is 9.95. The number of rotatable bonds is 10. The number of hydrogen-bond acceptors (Lipinski definition) is 7. The Morgan fingerprint density at radius 2 is 1.63 bits per heavy atom. The van der Waals surface area contributed by atoms with Crippen LogP contribution in [-0.4, -0.2) is 53.3 Å². The maximum absolute atomic E-state index is 12.3. The van der Waals surface area contributed by atoms with Gasteiger partial charge in [-0.1, -0.05) is 30.3 Å². The van der Waals surface area contributed by atoms with Gasteiger partial charge in [-0.25, -0.2) is 4.79 Å². The third kappa shape index (κ3) is 6.70. The van der Waals surface area contributed by atoms with Crippen molar-refractivity contribution in [1.82, 2.24) is 5.32 Å². The van der Waals surface area contributed by atoms with Gasteiger partial charge in [0.1, 0.15) is 6.04 Å². The van der Waals surface area contributed by atoms with Crippen LogP contribution < -0.4 is 5.32 Å². The standard InChI is InChI=1S/C18H23NO8/c1-3-26-13(20)10-12(18(25)27-4-2)14(17(23)24)19-16(22)15(21)11-8-6-5-7-9-11/h5-9,12,14-15,21H,3-4,10H2,1-2H3,(H,19,22)(H,23,24)/t12-,14-,15+/m1/s1. The fourth-order valence-corrected chi connectivity index (χ4v) is 2.34. The van der Waals surface area contributed by atoms with E-state index in [1.165, 1.54) is 19.1 Å². The van der Waals surface area contributed by atoms with E-state index in [9.17, 15) is 29.4 Å². The molecule has 3 atom stereocenters. The van der Waals surface area contributed by atoms with Crippen molar-refractivity contribution in [3.8, 4) is 0 Å². The van der Waals surface area contributed by atoms with Crippen molar-refractivity contribution in [2.24, 2.45) is 5.92 Å². The number of carboxylic acids is 1. The third-order valence-corrected chi connectivity index (χ3v) is 3.61. The number of amides is 1. The number of carbonyl (C=O) groups excluding carboxylic acids is 3. The molecule has 0 radical (unpaired) electrons. The largest absolute Gasteiger partial charge is 0.480 e. The summed E-state index contributed by atoms with van der Waals surface area (Å²) in [7, 11) is 0. The molecule has 0 bridgehead atoms. The number of esters is 2. The Labute approximate surface area is 156 Å². The molecule has 27 heavy (non-hydrogen) atoms. The van der Waals surface area contributed by atoms with Crippen LogP contribution in [0.5, 0.6) is 0 Å². The van der Waals surface area contributed by atoms with Crippen LogP contribution in [0.25, 0.3) is 0 Å². The maximum atomic E-state index is 12.3. The minimum absolute atomic E-state index is 0.0366. The minimum atomic E-state index is -1.78. The molecule has 0 unspecified atom stereocenters. The molecule has 0 saturated carbocycles. The van der Waals surface area contributed by atoms with Gasteiger partial charge in [0, 0.05) is 0 Å². The molecule has 148 valence electrons. The SMILES string of the molecule is CCOC(=O)C[C@@H](C(=O)OCC)[C@@H](NC(=O)[C@@H](O)c1ccccc1)C(=O)O. The van der Waals surface area contributed by atoms with Crippen molar-refractivity contribution in [2.75, 3.05) is 13.2 Å². The second-order valence-corrected chi connectivity index (χ2v) is 5.51. The van der Waals surface area contributed by atoms with Gasteiger partial charge in [-0.15, -0.1) is 0 Å². The molecular formula is C18H23NO8. The summed E-state index contributed by atoms with van der Waals surface area (Å²) in [6.07, 6.45) is -2.23. The molecule has 0 aliphatic carbocycles. The van der Waals surface area contributed by atoms with E-state index in [0.29, 0.717) is 0 Å². The Morgan fingerprint density at radius 1 is 1.04 bits per heavy atom. The number of aliphatic hydroxyl groups is 1. The van der Waals surface area contributed by atoms with Crippen LogP contribution in [0, 0.1) is 5.92 Å². The second-order valence-electron chi connectivity index (χ2n) is 5.51. The lowest BCUT2D eigenvalue weighted by Gasteiger charge is -2.24. The molecule has 0 spiro atoms. The molecule has 9 heteroatoms. The van der Waals surface area contributed by atoms with Crippen molar-refractivity contribution in [3.05, 3.63) is 35.9 Å². The quantitative estimate of drug-likeness (QED) is 0.496. The van der Waals surface area contributed by atoms with Gasteiger partial charge in [0.05, 0.1) is 25.6 Å². The number of aliphatic carboxylic acids is 1. The van der Waals surface area contributed by atoms with Gasteiger partial charge in [0.25, 0.3) is 5.91 Å². The molecule has 1 amide bonds. The Bertz CT molecular complexity index is 661. The van der Waals surface area contributed by atoms with Crippen LogP contribution in [0.2, 0.25) is 0 Å². The highest BCUT2D eigenvalue weighted by atomic mass is 16.5. The smallest absolute Gasteiger partial charge is 0.327 e. The number of hydrogen-bond donors (Lipinski definition) is 3. The van der Waals surface area contributed by atoms with Crippen LogP contribution in [0.15, 0.2) is 30.3 Å². The highest BCUT2D eigenvalue weighted by molar-refractivity contribution is 5.92. The summed E-state index contributed by atoms with van der Waals surface area (Å²) in [5.74, 6) is -5.85. The highest BCUT2D eigenvalue weighted by Gasteiger charge is 2.39. The van der Waals surface area contributed by atoms with Crippen molar-refractivity contribution in [3.63, 3.8) is 0 Å². The highest BCUT2D eigenvalue weighted by Crippen LogP contribution is 2.17. The van der Waals surface area contributed by atoms with Gasteiger partial charge in [0.15, 0.2) is 6.10 Å². The van der Waals surface area contributed by atoms with Gasteiger partial charge in [-0.3, -0.25) is 14.4 Å². The van der Waals surface area contributed by atoms with E-state index in [0.717, 1.165) is 0 Å². The summed E-state index contributed by atoms with van der Waals surface area (Å²) < 4.78 is 9.57. The summed E-state index contributed by atoms with van der Waals surface area (Å²) in [6, 6.07) is 6.08. The van der Waals surface area contributed by atoms with Crippen molar-refractivity contribution >= 4 is 23.8 Å². The number of carboxylic acid groups (broad SMARTS) is 1. The van der Waals surface area contributed by atoms with Gasteiger partial charge in [-0.05, 0) is 19.4 Å². The van der Waals surface area contributed by atoms with Crippen LogP contribution in [0.4, 0.5) is 0 Å². The molecule has 0 aliphatic heterocycles. The van der Waals surface area contributed by atoms with Gasteiger partial charge < -0.3 is 25.0 Å². The van der Waals surface area contributed by atoms with Crippen molar-refractivity contribution in [1.29, 1.82) is 0 Å². The molecule has 0 aliphatic rings. The first-order valence-electron chi connectivity index (χ1n) is 8.40. The summed E-state index contributed by atoms with van der Waals surface area (Å²) in [5, 5.41) is 21.6. The van der Waals surface area contributed by atoms with Crippen LogP contribution in [0.3, 0.4) is 0 Å². The van der Waals surface area contributed by atoms with Crippen LogP contribution in [0.1, 0.15) is 31.9 Å². The van der Waals surface area contributed by atoms with E-state index < -0.39 is 48.3 Å². The predicted octanol–water partition coefficient (Wildman–Crippen LogP) is 0.422.